The minimum Gasteiger partial charge on any atom is -0.493 e. The highest BCUT2D eigenvalue weighted by atomic mass is 79.9. The standard InChI is InChI=1S/C33H35BrN4O8/c1-6-44-32(40)30-20(3)36-33(41)37-31(30)22-11-12-25(26(13-22)42-4)46-18-29(39)38-35-16-23-14-27(43-5)28(15-24(23)34)45-17-21-9-7-19(2)8-10-21/h7-16,31H,6,17-18H2,1-5H3,(H,38,39)(H2,36,37,41)/b35-16-/t31-/m0/s1. The van der Waals surface area contributed by atoms with Crippen molar-refractivity contribution < 1.29 is 38.1 Å². The van der Waals surface area contributed by atoms with E-state index in [4.69, 9.17) is 23.7 Å². The number of halogens is 1. The number of allylic oxidation sites excluding steroid dienone is 1. The molecule has 0 aromatic heterocycles. The summed E-state index contributed by atoms with van der Waals surface area (Å²) in [5.74, 6) is 0.557. The van der Waals surface area contributed by atoms with E-state index >= 15 is 0 Å². The van der Waals surface area contributed by atoms with Gasteiger partial charge in [0.1, 0.15) is 6.61 Å². The number of aryl methyl sites for hydroxylation is 1. The Balaban J connectivity index is 1.37. The van der Waals surface area contributed by atoms with Crippen molar-refractivity contribution in [3.8, 4) is 23.0 Å². The van der Waals surface area contributed by atoms with Gasteiger partial charge in [0.25, 0.3) is 5.91 Å². The highest BCUT2D eigenvalue weighted by Crippen LogP contribution is 2.35. The molecule has 3 N–H and O–H groups in total. The van der Waals surface area contributed by atoms with Crippen molar-refractivity contribution in [3.05, 3.63) is 92.6 Å². The van der Waals surface area contributed by atoms with Gasteiger partial charge >= 0.3 is 12.0 Å². The maximum Gasteiger partial charge on any atom is 0.338 e. The average Bonchev–Trinajstić information content (AvgIpc) is 3.03. The first kappa shape index (κ1) is 33.8. The molecule has 0 unspecified atom stereocenters. The lowest BCUT2D eigenvalue weighted by Crippen LogP contribution is -2.45. The molecule has 0 spiro atoms. The van der Waals surface area contributed by atoms with E-state index in [0.29, 0.717) is 45.2 Å². The zero-order valence-electron chi connectivity index (χ0n) is 26.1. The lowest BCUT2D eigenvalue weighted by Gasteiger charge is -2.28. The van der Waals surface area contributed by atoms with Crippen LogP contribution < -0.4 is 35.0 Å². The number of amides is 3. The molecule has 1 aliphatic rings. The summed E-state index contributed by atoms with van der Waals surface area (Å²) in [5.41, 5.74) is 6.49. The number of esters is 1. The number of benzene rings is 3. The van der Waals surface area contributed by atoms with Crippen LogP contribution in [-0.2, 0) is 20.9 Å². The van der Waals surface area contributed by atoms with Crippen LogP contribution in [0.15, 0.2) is 75.4 Å². The number of ether oxygens (including phenoxy) is 5. The molecule has 1 aliphatic heterocycles. The predicted molar refractivity (Wildman–Crippen MR) is 174 cm³/mol. The molecule has 3 aromatic rings. The van der Waals surface area contributed by atoms with Gasteiger partial charge in [-0.3, -0.25) is 4.79 Å². The van der Waals surface area contributed by atoms with Gasteiger partial charge in [0.05, 0.1) is 38.7 Å². The van der Waals surface area contributed by atoms with Gasteiger partial charge in [0.2, 0.25) is 0 Å². The van der Waals surface area contributed by atoms with Crippen LogP contribution in [-0.4, -0.2) is 51.6 Å². The summed E-state index contributed by atoms with van der Waals surface area (Å²) in [5, 5.41) is 9.37. The Labute approximate surface area is 275 Å². The molecule has 1 heterocycles. The van der Waals surface area contributed by atoms with Crippen molar-refractivity contribution in [1.82, 2.24) is 16.1 Å². The van der Waals surface area contributed by atoms with E-state index in [1.807, 2.05) is 31.2 Å². The van der Waals surface area contributed by atoms with E-state index in [1.165, 1.54) is 18.9 Å². The molecule has 0 fully saturated rings. The molecule has 0 bridgehead atoms. The molecule has 0 aliphatic carbocycles. The molecule has 4 rings (SSSR count). The van der Waals surface area contributed by atoms with Gasteiger partial charge in [-0.25, -0.2) is 15.0 Å². The fourth-order valence-electron chi connectivity index (χ4n) is 4.52. The molecule has 242 valence electrons. The fourth-order valence-corrected chi connectivity index (χ4v) is 4.95. The Morgan fingerprint density at radius 1 is 0.957 bits per heavy atom. The van der Waals surface area contributed by atoms with Crippen LogP contribution in [0, 0.1) is 6.92 Å². The summed E-state index contributed by atoms with van der Waals surface area (Å²) in [6, 6.07) is 15.2. The topological polar surface area (TPSA) is 146 Å². The number of hydrogen-bond donors (Lipinski definition) is 3. The maximum absolute atomic E-state index is 12.6. The van der Waals surface area contributed by atoms with E-state index in [9.17, 15) is 14.4 Å². The number of urea groups is 1. The van der Waals surface area contributed by atoms with Gasteiger partial charge in [0.15, 0.2) is 29.6 Å². The second-order valence-corrected chi connectivity index (χ2v) is 10.9. The third-order valence-electron chi connectivity index (χ3n) is 6.84. The average molecular weight is 696 g/mol. The van der Waals surface area contributed by atoms with Gasteiger partial charge < -0.3 is 34.3 Å². The van der Waals surface area contributed by atoms with Crippen LogP contribution >= 0.6 is 15.9 Å². The first-order valence-electron chi connectivity index (χ1n) is 14.3. The zero-order valence-corrected chi connectivity index (χ0v) is 27.6. The molecule has 46 heavy (non-hydrogen) atoms. The first-order chi connectivity index (χ1) is 22.1. The lowest BCUT2D eigenvalue weighted by atomic mass is 9.95. The lowest BCUT2D eigenvalue weighted by molar-refractivity contribution is -0.139. The molecule has 3 amide bonds. The van der Waals surface area contributed by atoms with Crippen LogP contribution in [0.1, 0.15) is 42.1 Å². The van der Waals surface area contributed by atoms with Crippen molar-refractivity contribution in [3.63, 3.8) is 0 Å². The quantitative estimate of drug-likeness (QED) is 0.128. The number of carbonyl (C=O) groups is 3. The Kier molecular flexibility index (Phi) is 11.6. The number of carbonyl (C=O) groups excluding carboxylic acids is 3. The molecule has 1 atom stereocenters. The van der Waals surface area contributed by atoms with Crippen molar-refractivity contribution in [2.75, 3.05) is 27.4 Å². The second kappa shape index (κ2) is 15.8. The smallest absolute Gasteiger partial charge is 0.338 e. The number of nitrogens with one attached hydrogen (secondary N) is 3. The zero-order chi connectivity index (χ0) is 33.2. The molecule has 13 heteroatoms. The molecule has 3 aromatic carbocycles. The molecule has 0 saturated carbocycles. The van der Waals surface area contributed by atoms with Crippen molar-refractivity contribution in [1.29, 1.82) is 0 Å². The third kappa shape index (κ3) is 8.57. The second-order valence-electron chi connectivity index (χ2n) is 10.1. The minimum absolute atomic E-state index is 0.181. The summed E-state index contributed by atoms with van der Waals surface area (Å²) in [7, 11) is 2.98. The maximum atomic E-state index is 12.6. The van der Waals surface area contributed by atoms with Gasteiger partial charge in [-0.15, -0.1) is 0 Å². The highest BCUT2D eigenvalue weighted by Gasteiger charge is 2.32. The Morgan fingerprint density at radius 3 is 2.37 bits per heavy atom. The van der Waals surface area contributed by atoms with Crippen LogP contribution in [0.2, 0.25) is 0 Å². The van der Waals surface area contributed by atoms with Gasteiger partial charge in [-0.1, -0.05) is 35.9 Å². The third-order valence-corrected chi connectivity index (χ3v) is 7.52. The van der Waals surface area contributed by atoms with Crippen molar-refractivity contribution in [2.45, 2.75) is 33.4 Å². The highest BCUT2D eigenvalue weighted by molar-refractivity contribution is 9.10. The van der Waals surface area contributed by atoms with Crippen LogP contribution in [0.4, 0.5) is 4.79 Å². The summed E-state index contributed by atoms with van der Waals surface area (Å²) >= 11 is 3.52. The Morgan fingerprint density at radius 2 is 1.67 bits per heavy atom. The van der Waals surface area contributed by atoms with E-state index < -0.39 is 23.9 Å². The van der Waals surface area contributed by atoms with Crippen LogP contribution in [0.3, 0.4) is 0 Å². The van der Waals surface area contributed by atoms with Gasteiger partial charge in [0, 0.05) is 15.7 Å². The molecule has 0 saturated heterocycles. The molecule has 12 nitrogen and oxygen atoms in total. The van der Waals surface area contributed by atoms with Crippen LogP contribution in [0.5, 0.6) is 23.0 Å². The Hall–Kier alpha value is -5.04. The largest absolute Gasteiger partial charge is 0.493 e. The van der Waals surface area contributed by atoms with Crippen LogP contribution in [0.25, 0.3) is 0 Å². The fraction of sp³-hybridized carbons (Fsp3) is 0.273. The van der Waals surface area contributed by atoms with E-state index in [0.717, 1.165) is 5.56 Å². The van der Waals surface area contributed by atoms with Crippen molar-refractivity contribution in [2.24, 2.45) is 5.10 Å². The Bertz CT molecular complexity index is 1660. The van der Waals surface area contributed by atoms with E-state index in [-0.39, 0.29) is 24.5 Å². The summed E-state index contributed by atoms with van der Waals surface area (Å²) in [6.07, 6.45) is 1.47. The predicted octanol–water partition coefficient (Wildman–Crippen LogP) is 5.07. The minimum atomic E-state index is -0.778. The number of rotatable bonds is 13. The summed E-state index contributed by atoms with van der Waals surface area (Å²) in [6.45, 7) is 5.55. The monoisotopic (exact) mass is 694 g/mol. The van der Waals surface area contributed by atoms with E-state index in [2.05, 4.69) is 37.1 Å². The number of hydrogen-bond acceptors (Lipinski definition) is 9. The molecular weight excluding hydrogens is 660 g/mol. The molecule has 0 radical (unpaired) electrons. The molecular formula is C33H35BrN4O8. The normalized spacial score (nSPS) is 14.3. The van der Waals surface area contributed by atoms with Gasteiger partial charge in [-0.2, -0.15) is 5.10 Å². The van der Waals surface area contributed by atoms with Crippen molar-refractivity contribution >= 4 is 40.1 Å². The number of hydrazone groups is 1. The SMILES string of the molecule is CCOC(=O)C1=C(C)NC(=O)N[C@H]1c1ccc(OCC(=O)N/N=C\c2cc(OC)c(OCc3ccc(C)cc3)cc2Br)c(OC)c1. The summed E-state index contributed by atoms with van der Waals surface area (Å²) < 4.78 is 28.5. The first-order valence-corrected chi connectivity index (χ1v) is 15.1. The summed E-state index contributed by atoms with van der Waals surface area (Å²) in [4.78, 5) is 37.3. The number of nitrogens with zero attached hydrogens (tertiary/aromatic N) is 1. The van der Waals surface area contributed by atoms with E-state index in [1.54, 1.807) is 51.3 Å². The number of methoxy groups -OCH3 is 2. The van der Waals surface area contributed by atoms with Gasteiger partial charge in [-0.05, 0) is 72.1 Å².